The van der Waals surface area contributed by atoms with Gasteiger partial charge in [0.1, 0.15) is 5.60 Å². The Hall–Kier alpha value is -2.29. The third-order valence-electron chi connectivity index (χ3n) is 5.50. The van der Waals surface area contributed by atoms with Crippen LogP contribution in [0.4, 0.5) is 4.79 Å². The molecular formula is C24H31NO2. The highest BCUT2D eigenvalue weighted by Crippen LogP contribution is 2.41. The molecular weight excluding hydrogens is 334 g/mol. The van der Waals surface area contributed by atoms with Crippen molar-refractivity contribution < 1.29 is 9.53 Å². The van der Waals surface area contributed by atoms with Crippen LogP contribution in [0.25, 0.3) is 0 Å². The van der Waals surface area contributed by atoms with Gasteiger partial charge >= 0.3 is 6.09 Å². The Morgan fingerprint density at radius 2 is 1.44 bits per heavy atom. The number of hydrogen-bond acceptors (Lipinski definition) is 2. The summed E-state index contributed by atoms with van der Waals surface area (Å²) in [6.07, 6.45) is 0.748. The van der Waals surface area contributed by atoms with Crippen LogP contribution < -0.4 is 0 Å². The smallest absolute Gasteiger partial charge is 0.410 e. The Balaban J connectivity index is 1.91. The molecule has 3 nitrogen and oxygen atoms in total. The summed E-state index contributed by atoms with van der Waals surface area (Å²) >= 11 is 0. The fourth-order valence-corrected chi connectivity index (χ4v) is 4.11. The molecule has 0 radical (unpaired) electrons. The average Bonchev–Trinajstić information content (AvgIpc) is 2.81. The molecule has 3 rings (SSSR count). The van der Waals surface area contributed by atoms with E-state index in [2.05, 4.69) is 61.5 Å². The largest absolute Gasteiger partial charge is 0.444 e. The summed E-state index contributed by atoms with van der Waals surface area (Å²) in [5.74, 6) is 1.14. The molecule has 0 saturated carbocycles. The van der Waals surface area contributed by atoms with Crippen LogP contribution >= 0.6 is 0 Å². The van der Waals surface area contributed by atoms with E-state index in [9.17, 15) is 4.79 Å². The minimum atomic E-state index is -0.476. The predicted octanol–water partition coefficient (Wildman–Crippen LogP) is 5.83. The first-order valence-corrected chi connectivity index (χ1v) is 9.93. The SMILES string of the molecule is CC1C(c2ccccc2)CCN(C(=O)OC(C)(C)C)CC1c1ccccc1. The average molecular weight is 366 g/mol. The second-order valence-corrected chi connectivity index (χ2v) is 8.61. The van der Waals surface area contributed by atoms with Gasteiger partial charge in [0.2, 0.25) is 0 Å². The Bertz CT molecular complexity index is 736. The molecule has 1 aliphatic heterocycles. The molecule has 3 heteroatoms. The van der Waals surface area contributed by atoms with Gasteiger partial charge in [0.15, 0.2) is 0 Å². The maximum atomic E-state index is 12.8. The summed E-state index contributed by atoms with van der Waals surface area (Å²) in [5, 5.41) is 0. The number of amides is 1. The van der Waals surface area contributed by atoms with Gasteiger partial charge in [0, 0.05) is 19.0 Å². The van der Waals surface area contributed by atoms with Gasteiger partial charge in [-0.25, -0.2) is 4.79 Å². The first-order chi connectivity index (χ1) is 12.8. The van der Waals surface area contributed by atoms with Crippen molar-refractivity contribution in [1.29, 1.82) is 0 Å². The van der Waals surface area contributed by atoms with Crippen LogP contribution in [-0.2, 0) is 4.74 Å². The van der Waals surface area contributed by atoms with E-state index < -0.39 is 5.60 Å². The van der Waals surface area contributed by atoms with Crippen molar-refractivity contribution in [2.75, 3.05) is 13.1 Å². The van der Waals surface area contributed by atoms with Crippen LogP contribution in [0.5, 0.6) is 0 Å². The zero-order chi connectivity index (χ0) is 19.4. The highest BCUT2D eigenvalue weighted by Gasteiger charge is 2.35. The molecule has 3 atom stereocenters. The number of carbonyl (C=O) groups is 1. The van der Waals surface area contributed by atoms with Crippen molar-refractivity contribution in [2.45, 2.75) is 51.6 Å². The fourth-order valence-electron chi connectivity index (χ4n) is 4.11. The van der Waals surface area contributed by atoms with Crippen LogP contribution in [0.2, 0.25) is 0 Å². The maximum Gasteiger partial charge on any atom is 0.410 e. The fraction of sp³-hybridized carbons (Fsp3) is 0.458. The van der Waals surface area contributed by atoms with Crippen molar-refractivity contribution >= 4 is 6.09 Å². The van der Waals surface area contributed by atoms with E-state index in [0.717, 1.165) is 13.0 Å². The molecule has 2 aromatic rings. The summed E-state index contributed by atoms with van der Waals surface area (Å²) < 4.78 is 5.68. The van der Waals surface area contributed by atoms with Gasteiger partial charge in [-0.1, -0.05) is 67.6 Å². The van der Waals surface area contributed by atoms with Crippen molar-refractivity contribution in [3.05, 3.63) is 71.8 Å². The summed E-state index contributed by atoms with van der Waals surface area (Å²) in [7, 11) is 0. The van der Waals surface area contributed by atoms with Crippen molar-refractivity contribution in [3.63, 3.8) is 0 Å². The summed E-state index contributed by atoms with van der Waals surface area (Å²) in [6.45, 7) is 9.52. The predicted molar refractivity (Wildman–Crippen MR) is 110 cm³/mol. The summed E-state index contributed by atoms with van der Waals surface area (Å²) in [4.78, 5) is 14.7. The molecule has 0 N–H and O–H groups in total. The molecule has 0 spiro atoms. The Morgan fingerprint density at radius 1 is 0.926 bits per heavy atom. The topological polar surface area (TPSA) is 29.5 Å². The Morgan fingerprint density at radius 3 is 1.96 bits per heavy atom. The van der Waals surface area contributed by atoms with Crippen LogP contribution in [0.1, 0.15) is 57.1 Å². The molecule has 27 heavy (non-hydrogen) atoms. The second kappa shape index (κ2) is 8.16. The summed E-state index contributed by atoms with van der Waals surface area (Å²) in [5.41, 5.74) is 2.18. The highest BCUT2D eigenvalue weighted by atomic mass is 16.6. The van der Waals surface area contributed by atoms with Gasteiger partial charge in [-0.05, 0) is 50.2 Å². The number of carbonyl (C=O) groups excluding carboxylic acids is 1. The lowest BCUT2D eigenvalue weighted by Gasteiger charge is -2.31. The molecule has 1 aliphatic rings. The molecule has 0 aromatic heterocycles. The van der Waals surface area contributed by atoms with E-state index in [4.69, 9.17) is 4.74 Å². The zero-order valence-electron chi connectivity index (χ0n) is 16.9. The highest BCUT2D eigenvalue weighted by molar-refractivity contribution is 5.68. The number of rotatable bonds is 2. The third kappa shape index (κ3) is 4.91. The molecule has 2 aromatic carbocycles. The minimum absolute atomic E-state index is 0.204. The number of likely N-dealkylation sites (tertiary alicyclic amines) is 1. The van der Waals surface area contributed by atoms with Gasteiger partial charge < -0.3 is 9.64 Å². The van der Waals surface area contributed by atoms with E-state index in [0.29, 0.717) is 18.4 Å². The van der Waals surface area contributed by atoms with Crippen LogP contribution in [0.15, 0.2) is 60.7 Å². The molecule has 1 heterocycles. The van der Waals surface area contributed by atoms with Crippen LogP contribution in [0.3, 0.4) is 0 Å². The van der Waals surface area contributed by atoms with Crippen LogP contribution in [0, 0.1) is 5.92 Å². The minimum Gasteiger partial charge on any atom is -0.444 e. The Kier molecular flexibility index (Phi) is 5.88. The van der Waals surface area contributed by atoms with Gasteiger partial charge in [-0.15, -0.1) is 0 Å². The van der Waals surface area contributed by atoms with Gasteiger partial charge in [0.05, 0.1) is 0 Å². The van der Waals surface area contributed by atoms with Gasteiger partial charge in [0.25, 0.3) is 0 Å². The Labute approximate surface area is 163 Å². The molecule has 1 saturated heterocycles. The van der Waals surface area contributed by atoms with E-state index in [1.807, 2.05) is 31.7 Å². The molecule has 1 amide bonds. The zero-order valence-corrected chi connectivity index (χ0v) is 16.9. The van der Waals surface area contributed by atoms with Gasteiger partial charge in [-0.3, -0.25) is 0 Å². The third-order valence-corrected chi connectivity index (χ3v) is 5.50. The molecule has 0 bridgehead atoms. The molecule has 144 valence electrons. The van der Waals surface area contributed by atoms with E-state index >= 15 is 0 Å². The number of hydrogen-bond donors (Lipinski definition) is 0. The number of nitrogens with zero attached hydrogens (tertiary/aromatic N) is 1. The lowest BCUT2D eigenvalue weighted by molar-refractivity contribution is 0.0246. The lowest BCUT2D eigenvalue weighted by atomic mass is 9.76. The number of ether oxygens (including phenoxy) is 1. The standard InChI is InChI=1S/C24H31NO2/c1-18-21(19-11-7-5-8-12-19)15-16-25(23(26)27-24(2,3)4)17-22(18)20-13-9-6-10-14-20/h5-14,18,21-22H,15-17H2,1-4H3. The van der Waals surface area contributed by atoms with Crippen LogP contribution in [-0.4, -0.2) is 29.7 Å². The second-order valence-electron chi connectivity index (χ2n) is 8.61. The molecule has 3 unspecified atom stereocenters. The van der Waals surface area contributed by atoms with E-state index in [1.165, 1.54) is 11.1 Å². The van der Waals surface area contributed by atoms with Gasteiger partial charge in [-0.2, -0.15) is 0 Å². The van der Waals surface area contributed by atoms with Crippen molar-refractivity contribution in [2.24, 2.45) is 5.92 Å². The quantitative estimate of drug-likeness (QED) is 0.670. The van der Waals surface area contributed by atoms with E-state index in [1.54, 1.807) is 0 Å². The first kappa shape index (κ1) is 19.5. The summed E-state index contributed by atoms with van der Waals surface area (Å²) in [6, 6.07) is 21.3. The lowest BCUT2D eigenvalue weighted by Crippen LogP contribution is -2.39. The van der Waals surface area contributed by atoms with E-state index in [-0.39, 0.29) is 12.0 Å². The van der Waals surface area contributed by atoms with Crippen molar-refractivity contribution in [3.8, 4) is 0 Å². The first-order valence-electron chi connectivity index (χ1n) is 9.93. The molecule has 1 fully saturated rings. The molecule has 0 aliphatic carbocycles. The normalized spacial score (nSPS) is 23.6. The maximum absolute atomic E-state index is 12.8. The van der Waals surface area contributed by atoms with Crippen molar-refractivity contribution in [1.82, 2.24) is 4.90 Å². The monoisotopic (exact) mass is 365 g/mol. The number of benzene rings is 2.